The Labute approximate surface area is 145 Å². The number of amides is 1. The Morgan fingerprint density at radius 3 is 2.17 bits per heavy atom. The van der Waals surface area contributed by atoms with E-state index in [4.69, 9.17) is 4.74 Å². The molecule has 0 fully saturated rings. The highest BCUT2D eigenvalue weighted by atomic mass is 16.5. The molecule has 1 atom stereocenters. The second-order valence-corrected chi connectivity index (χ2v) is 7.26. The summed E-state index contributed by atoms with van der Waals surface area (Å²) in [5, 5.41) is 2.97. The molecule has 2 aromatic carbocycles. The molecule has 128 valence electrons. The van der Waals surface area contributed by atoms with Crippen LogP contribution in [0.25, 0.3) is 0 Å². The predicted molar refractivity (Wildman–Crippen MR) is 98.4 cm³/mol. The van der Waals surface area contributed by atoms with Crippen molar-refractivity contribution >= 4 is 5.91 Å². The zero-order valence-corrected chi connectivity index (χ0v) is 15.2. The van der Waals surface area contributed by atoms with E-state index in [9.17, 15) is 4.79 Å². The van der Waals surface area contributed by atoms with Crippen LogP contribution in [0.15, 0.2) is 48.5 Å². The van der Waals surface area contributed by atoms with Crippen LogP contribution in [-0.2, 0) is 10.2 Å². The Balaban J connectivity index is 1.88. The first-order valence-electron chi connectivity index (χ1n) is 8.35. The smallest absolute Gasteiger partial charge is 0.258 e. The first-order valence-corrected chi connectivity index (χ1v) is 8.35. The quantitative estimate of drug-likeness (QED) is 0.876. The number of benzene rings is 2. The van der Waals surface area contributed by atoms with Crippen molar-refractivity contribution < 1.29 is 9.53 Å². The van der Waals surface area contributed by atoms with E-state index in [0.29, 0.717) is 5.75 Å². The van der Waals surface area contributed by atoms with Crippen LogP contribution in [0.3, 0.4) is 0 Å². The highest BCUT2D eigenvalue weighted by molar-refractivity contribution is 5.78. The molecule has 0 spiro atoms. The van der Waals surface area contributed by atoms with Crippen molar-refractivity contribution in [2.75, 3.05) is 6.61 Å². The van der Waals surface area contributed by atoms with Crippen LogP contribution in [0.4, 0.5) is 0 Å². The van der Waals surface area contributed by atoms with E-state index in [0.717, 1.165) is 5.56 Å². The van der Waals surface area contributed by atoms with Gasteiger partial charge in [-0.3, -0.25) is 4.79 Å². The van der Waals surface area contributed by atoms with Gasteiger partial charge in [-0.25, -0.2) is 0 Å². The fourth-order valence-corrected chi connectivity index (χ4v) is 2.42. The molecule has 2 rings (SSSR count). The molecule has 3 nitrogen and oxygen atoms in total. The van der Waals surface area contributed by atoms with Gasteiger partial charge >= 0.3 is 0 Å². The molecule has 0 aromatic heterocycles. The molecule has 0 aliphatic heterocycles. The van der Waals surface area contributed by atoms with Gasteiger partial charge < -0.3 is 10.1 Å². The molecule has 1 amide bonds. The molecule has 1 N–H and O–H groups in total. The minimum absolute atomic E-state index is 0.0213. The second kappa shape index (κ2) is 7.52. The maximum atomic E-state index is 12.1. The zero-order valence-electron chi connectivity index (χ0n) is 15.2. The number of ether oxygens (including phenoxy) is 1. The lowest BCUT2D eigenvalue weighted by atomic mass is 9.86. The minimum Gasteiger partial charge on any atom is -0.484 e. The molecule has 0 heterocycles. The maximum absolute atomic E-state index is 12.1. The molecule has 0 aliphatic rings. The van der Waals surface area contributed by atoms with Gasteiger partial charge in [0.15, 0.2) is 6.61 Å². The highest BCUT2D eigenvalue weighted by Gasteiger charge is 2.15. The zero-order chi connectivity index (χ0) is 17.7. The third-order valence-electron chi connectivity index (χ3n) is 4.05. The average Bonchev–Trinajstić information content (AvgIpc) is 2.53. The van der Waals surface area contributed by atoms with Crippen LogP contribution in [0.5, 0.6) is 5.75 Å². The van der Waals surface area contributed by atoms with Crippen LogP contribution in [0.2, 0.25) is 0 Å². The van der Waals surface area contributed by atoms with E-state index < -0.39 is 0 Å². The summed E-state index contributed by atoms with van der Waals surface area (Å²) in [6.07, 6.45) is 0. The number of hydrogen-bond acceptors (Lipinski definition) is 2. The fraction of sp³-hybridized carbons (Fsp3) is 0.381. The second-order valence-electron chi connectivity index (χ2n) is 7.26. The summed E-state index contributed by atoms with van der Waals surface area (Å²) >= 11 is 0. The molecule has 1 unspecified atom stereocenters. The molecular formula is C21H27NO2. The highest BCUT2D eigenvalue weighted by Crippen LogP contribution is 2.23. The van der Waals surface area contributed by atoms with Crippen molar-refractivity contribution in [2.45, 2.75) is 46.1 Å². The average molecular weight is 325 g/mol. The van der Waals surface area contributed by atoms with E-state index in [2.05, 4.69) is 50.4 Å². The van der Waals surface area contributed by atoms with Gasteiger partial charge in [0, 0.05) is 0 Å². The van der Waals surface area contributed by atoms with Crippen molar-refractivity contribution in [3.8, 4) is 5.75 Å². The molecule has 2 aromatic rings. The SMILES string of the molecule is Cc1ccc(OCC(=O)NC(C)c2ccc(C(C)(C)C)cc2)cc1. The molecular weight excluding hydrogens is 298 g/mol. The molecule has 0 saturated heterocycles. The normalized spacial score (nSPS) is 12.5. The van der Waals surface area contributed by atoms with E-state index in [1.165, 1.54) is 11.1 Å². The Bertz CT molecular complexity index is 666. The molecule has 3 heteroatoms. The lowest BCUT2D eigenvalue weighted by Crippen LogP contribution is -2.31. The molecule has 0 aliphatic carbocycles. The largest absolute Gasteiger partial charge is 0.484 e. The maximum Gasteiger partial charge on any atom is 0.258 e. The Morgan fingerprint density at radius 2 is 1.62 bits per heavy atom. The monoisotopic (exact) mass is 325 g/mol. The minimum atomic E-state index is -0.122. The third-order valence-corrected chi connectivity index (χ3v) is 4.05. The fourth-order valence-electron chi connectivity index (χ4n) is 2.42. The van der Waals surface area contributed by atoms with Gasteiger partial charge in [-0.15, -0.1) is 0 Å². The summed E-state index contributed by atoms with van der Waals surface area (Å²) in [4.78, 5) is 12.1. The lowest BCUT2D eigenvalue weighted by Gasteiger charge is -2.20. The summed E-state index contributed by atoms with van der Waals surface area (Å²) in [6, 6.07) is 16.0. The summed E-state index contributed by atoms with van der Waals surface area (Å²) in [5.41, 5.74) is 3.67. The molecule has 0 bridgehead atoms. The van der Waals surface area contributed by atoms with Crippen molar-refractivity contribution in [1.82, 2.24) is 5.32 Å². The number of nitrogens with one attached hydrogen (secondary N) is 1. The molecule has 24 heavy (non-hydrogen) atoms. The van der Waals surface area contributed by atoms with Crippen LogP contribution in [0.1, 0.15) is 50.4 Å². The van der Waals surface area contributed by atoms with Crippen molar-refractivity contribution in [2.24, 2.45) is 0 Å². The summed E-state index contributed by atoms with van der Waals surface area (Å²) < 4.78 is 5.51. The Hall–Kier alpha value is -2.29. The van der Waals surface area contributed by atoms with Crippen LogP contribution >= 0.6 is 0 Å². The Morgan fingerprint density at radius 1 is 1.04 bits per heavy atom. The van der Waals surface area contributed by atoms with Gasteiger partial charge in [0.05, 0.1) is 6.04 Å². The van der Waals surface area contributed by atoms with Gasteiger partial charge in [0.25, 0.3) is 5.91 Å². The summed E-state index contributed by atoms with van der Waals surface area (Å²) in [6.45, 7) is 10.6. The lowest BCUT2D eigenvalue weighted by molar-refractivity contribution is -0.123. The third kappa shape index (κ3) is 5.12. The van der Waals surface area contributed by atoms with E-state index in [1.807, 2.05) is 38.1 Å². The van der Waals surface area contributed by atoms with E-state index >= 15 is 0 Å². The summed E-state index contributed by atoms with van der Waals surface area (Å²) in [5.74, 6) is 0.584. The van der Waals surface area contributed by atoms with Crippen LogP contribution < -0.4 is 10.1 Å². The van der Waals surface area contributed by atoms with E-state index in [-0.39, 0.29) is 24.0 Å². The van der Waals surface area contributed by atoms with Crippen LogP contribution in [0, 0.1) is 6.92 Å². The Kier molecular flexibility index (Phi) is 5.66. The predicted octanol–water partition coefficient (Wildman–Crippen LogP) is 4.55. The molecule has 0 saturated carbocycles. The number of carbonyl (C=O) groups is 1. The number of rotatable bonds is 5. The van der Waals surface area contributed by atoms with E-state index in [1.54, 1.807) is 0 Å². The number of carbonyl (C=O) groups excluding carboxylic acids is 1. The van der Waals surface area contributed by atoms with Crippen molar-refractivity contribution in [1.29, 1.82) is 0 Å². The first-order chi connectivity index (χ1) is 11.3. The van der Waals surface area contributed by atoms with Crippen molar-refractivity contribution in [3.05, 3.63) is 65.2 Å². The number of hydrogen-bond donors (Lipinski definition) is 1. The molecule has 0 radical (unpaired) electrons. The first kappa shape index (κ1) is 18.1. The van der Waals surface area contributed by atoms with Gasteiger partial charge in [0.2, 0.25) is 0 Å². The standard InChI is InChI=1S/C21H27NO2/c1-15-6-12-19(13-7-15)24-14-20(23)22-16(2)17-8-10-18(11-9-17)21(3,4)5/h6-13,16H,14H2,1-5H3,(H,22,23). The van der Waals surface area contributed by atoms with Gasteiger partial charge in [-0.05, 0) is 42.5 Å². The van der Waals surface area contributed by atoms with Gasteiger partial charge in [0.1, 0.15) is 5.75 Å². The topological polar surface area (TPSA) is 38.3 Å². The van der Waals surface area contributed by atoms with Gasteiger partial charge in [-0.1, -0.05) is 62.7 Å². The van der Waals surface area contributed by atoms with Gasteiger partial charge in [-0.2, -0.15) is 0 Å². The number of aryl methyl sites for hydroxylation is 1. The summed E-state index contributed by atoms with van der Waals surface area (Å²) in [7, 11) is 0. The van der Waals surface area contributed by atoms with Crippen molar-refractivity contribution in [3.63, 3.8) is 0 Å². The van der Waals surface area contributed by atoms with Crippen LogP contribution in [-0.4, -0.2) is 12.5 Å².